The molecule has 1 aromatic heterocycles. The summed E-state index contributed by atoms with van der Waals surface area (Å²) in [5.74, 6) is 1.91. The third kappa shape index (κ3) is 6.27. The van der Waals surface area contributed by atoms with Gasteiger partial charge in [0.25, 0.3) is 0 Å². The molecule has 32 heavy (non-hydrogen) atoms. The van der Waals surface area contributed by atoms with Crippen molar-refractivity contribution in [1.82, 2.24) is 25.6 Å². The number of carbonyl (C=O) groups excluding carboxylic acids is 2. The third-order valence-corrected chi connectivity index (χ3v) is 5.80. The number of nitrogens with zero attached hydrogens (tertiary/aromatic N) is 4. The quantitative estimate of drug-likeness (QED) is 0.609. The van der Waals surface area contributed by atoms with Gasteiger partial charge < -0.3 is 25.0 Å². The van der Waals surface area contributed by atoms with Crippen LogP contribution in [0.1, 0.15) is 64.5 Å². The Morgan fingerprint density at radius 3 is 2.59 bits per heavy atom. The highest BCUT2D eigenvalue weighted by Gasteiger charge is 2.46. The summed E-state index contributed by atoms with van der Waals surface area (Å²) in [4.78, 5) is 40.7. The number of methoxy groups -OCH3 is 1. The van der Waals surface area contributed by atoms with Gasteiger partial charge in [-0.05, 0) is 52.9 Å². The summed E-state index contributed by atoms with van der Waals surface area (Å²) in [6, 6.07) is -0.0937. The van der Waals surface area contributed by atoms with Crippen LogP contribution in [0.4, 0.5) is 10.7 Å². The van der Waals surface area contributed by atoms with Crippen molar-refractivity contribution in [3.63, 3.8) is 0 Å². The Kier molecular flexibility index (Phi) is 7.86. The van der Waals surface area contributed by atoms with Gasteiger partial charge >= 0.3 is 6.09 Å². The molecule has 0 bridgehead atoms. The van der Waals surface area contributed by atoms with E-state index in [2.05, 4.69) is 30.5 Å². The van der Waals surface area contributed by atoms with Crippen molar-refractivity contribution in [1.29, 1.82) is 0 Å². The summed E-state index contributed by atoms with van der Waals surface area (Å²) in [5.41, 5.74) is -0.584. The first-order chi connectivity index (χ1) is 15.2. The zero-order chi connectivity index (χ0) is 23.3. The molecule has 10 nitrogen and oxygen atoms in total. The zero-order valence-corrected chi connectivity index (χ0v) is 19.8. The molecular formula is C22H36N6O4. The molecule has 10 heteroatoms. The minimum atomic E-state index is -0.584. The predicted molar refractivity (Wildman–Crippen MR) is 119 cm³/mol. The van der Waals surface area contributed by atoms with Gasteiger partial charge in [-0.1, -0.05) is 12.8 Å². The zero-order valence-electron chi connectivity index (χ0n) is 19.8. The fourth-order valence-corrected chi connectivity index (χ4v) is 4.56. The van der Waals surface area contributed by atoms with Gasteiger partial charge in [0.2, 0.25) is 11.9 Å². The minimum Gasteiger partial charge on any atom is -0.444 e. The fourth-order valence-electron chi connectivity index (χ4n) is 4.56. The van der Waals surface area contributed by atoms with Crippen LogP contribution < -0.4 is 15.5 Å². The number of hydrogen-bond acceptors (Lipinski definition) is 8. The molecule has 3 atom stereocenters. The molecule has 178 valence electrons. The molecule has 2 amide bonds. The lowest BCUT2D eigenvalue weighted by molar-refractivity contribution is -0.122. The molecule has 1 saturated carbocycles. The number of carbonyl (C=O) groups is 2. The highest BCUT2D eigenvalue weighted by molar-refractivity contribution is 5.85. The number of fused-ring (bicyclic) bond motifs is 1. The van der Waals surface area contributed by atoms with E-state index in [1.54, 1.807) is 14.0 Å². The Morgan fingerprint density at radius 2 is 1.88 bits per heavy atom. The Hall–Kier alpha value is -2.49. The largest absolute Gasteiger partial charge is 0.444 e. The lowest BCUT2D eigenvalue weighted by Gasteiger charge is -2.33. The number of aryl methyl sites for hydroxylation is 1. The third-order valence-electron chi connectivity index (χ3n) is 5.80. The summed E-state index contributed by atoms with van der Waals surface area (Å²) in [5, 5.41) is 5.68. The first kappa shape index (κ1) is 24.2. The maximum atomic E-state index is 13.0. The first-order valence-electron chi connectivity index (χ1n) is 11.4. The van der Waals surface area contributed by atoms with Crippen LogP contribution in [0.5, 0.6) is 0 Å². The first-order valence-corrected chi connectivity index (χ1v) is 11.4. The van der Waals surface area contributed by atoms with Crippen LogP contribution in [-0.2, 0) is 20.8 Å². The van der Waals surface area contributed by atoms with Gasteiger partial charge in [0.15, 0.2) is 5.82 Å². The summed E-state index contributed by atoms with van der Waals surface area (Å²) in [7, 11) is 1.61. The van der Waals surface area contributed by atoms with Gasteiger partial charge in [-0.15, -0.1) is 0 Å². The maximum absolute atomic E-state index is 13.0. The van der Waals surface area contributed by atoms with Crippen molar-refractivity contribution < 1.29 is 19.1 Å². The number of rotatable bonds is 7. The van der Waals surface area contributed by atoms with Crippen molar-refractivity contribution in [3.05, 3.63) is 11.6 Å². The lowest BCUT2D eigenvalue weighted by Crippen LogP contribution is -2.48. The number of nitrogens with one attached hydrogen (secondary N) is 2. The van der Waals surface area contributed by atoms with Crippen LogP contribution in [0.15, 0.2) is 0 Å². The van der Waals surface area contributed by atoms with Crippen LogP contribution in [0.25, 0.3) is 0 Å². The van der Waals surface area contributed by atoms with Gasteiger partial charge in [0, 0.05) is 19.7 Å². The average Bonchev–Trinajstić information content (AvgIpc) is 3.10. The van der Waals surface area contributed by atoms with E-state index in [1.807, 2.05) is 20.8 Å². The van der Waals surface area contributed by atoms with Gasteiger partial charge in [0.05, 0.1) is 13.2 Å². The molecule has 0 unspecified atom stereocenters. The van der Waals surface area contributed by atoms with Gasteiger partial charge in [0.1, 0.15) is 17.5 Å². The number of hydrogen-bond donors (Lipinski definition) is 2. The number of alkyl carbamates (subject to hydrolysis) is 1. The van der Waals surface area contributed by atoms with E-state index in [1.165, 1.54) is 6.42 Å². The second-order valence-electron chi connectivity index (χ2n) is 9.51. The van der Waals surface area contributed by atoms with E-state index >= 15 is 0 Å². The Labute approximate surface area is 189 Å². The SMILES string of the molecule is COCCNC(=O)[C@@H]1C[C@@H]2CCCC[C@@H]2N1c1nc(C)nc(CNC(=O)OC(C)(C)C)n1. The van der Waals surface area contributed by atoms with Crippen molar-refractivity contribution in [2.75, 3.05) is 25.2 Å². The number of aromatic nitrogens is 3. The molecule has 1 saturated heterocycles. The van der Waals surface area contributed by atoms with Crippen molar-refractivity contribution in [3.8, 4) is 0 Å². The second-order valence-corrected chi connectivity index (χ2v) is 9.51. The summed E-state index contributed by atoms with van der Waals surface area (Å²) >= 11 is 0. The highest BCUT2D eigenvalue weighted by atomic mass is 16.6. The van der Waals surface area contributed by atoms with Crippen LogP contribution in [0, 0.1) is 12.8 Å². The van der Waals surface area contributed by atoms with Crippen molar-refractivity contribution in [2.45, 2.75) is 84.0 Å². The standard InChI is InChI=1S/C22H36N6O4/c1-14-25-18(13-24-21(30)32-22(2,3)4)27-20(26-14)28-16-9-7-6-8-15(16)12-17(28)19(29)23-10-11-31-5/h15-17H,6-13H2,1-5H3,(H,23,29)(H,24,30)/t15-,16-,17-/m0/s1. The number of amides is 2. The Balaban J connectivity index is 1.79. The van der Waals surface area contributed by atoms with E-state index in [0.717, 1.165) is 25.7 Å². The molecular weight excluding hydrogens is 412 g/mol. The van der Waals surface area contributed by atoms with Crippen LogP contribution in [0.3, 0.4) is 0 Å². The van der Waals surface area contributed by atoms with Crippen LogP contribution in [0.2, 0.25) is 0 Å². The lowest BCUT2D eigenvalue weighted by atomic mass is 9.85. The maximum Gasteiger partial charge on any atom is 0.408 e. The predicted octanol–water partition coefficient (Wildman–Crippen LogP) is 2.10. The molecule has 0 radical (unpaired) electrons. The molecule has 1 aromatic rings. The topological polar surface area (TPSA) is 119 Å². The molecule has 0 spiro atoms. The van der Waals surface area contributed by atoms with E-state index < -0.39 is 11.7 Å². The van der Waals surface area contributed by atoms with E-state index in [-0.39, 0.29) is 24.5 Å². The van der Waals surface area contributed by atoms with Crippen LogP contribution in [-0.4, -0.2) is 64.9 Å². The molecule has 1 aliphatic heterocycles. The average molecular weight is 449 g/mol. The van der Waals surface area contributed by atoms with Gasteiger partial charge in [-0.3, -0.25) is 4.79 Å². The van der Waals surface area contributed by atoms with Gasteiger partial charge in [-0.2, -0.15) is 9.97 Å². The highest BCUT2D eigenvalue weighted by Crippen LogP contribution is 2.41. The van der Waals surface area contributed by atoms with Crippen molar-refractivity contribution >= 4 is 17.9 Å². The Bertz CT molecular complexity index is 812. The second kappa shape index (κ2) is 10.4. The Morgan fingerprint density at radius 1 is 1.12 bits per heavy atom. The number of ether oxygens (including phenoxy) is 2. The smallest absolute Gasteiger partial charge is 0.408 e. The molecule has 2 aliphatic rings. The molecule has 2 heterocycles. The fraction of sp³-hybridized carbons (Fsp3) is 0.773. The molecule has 1 aliphatic carbocycles. The van der Waals surface area contributed by atoms with Gasteiger partial charge in [-0.25, -0.2) is 9.78 Å². The number of anilines is 1. The summed E-state index contributed by atoms with van der Waals surface area (Å²) < 4.78 is 10.4. The van der Waals surface area contributed by atoms with Crippen molar-refractivity contribution in [2.24, 2.45) is 5.92 Å². The molecule has 2 fully saturated rings. The summed E-state index contributed by atoms with van der Waals surface area (Å²) in [6.07, 6.45) is 4.71. The van der Waals surface area contributed by atoms with E-state index in [0.29, 0.717) is 36.7 Å². The molecule has 3 rings (SSSR count). The molecule has 0 aromatic carbocycles. The van der Waals surface area contributed by atoms with Crippen LogP contribution >= 0.6 is 0 Å². The van der Waals surface area contributed by atoms with E-state index in [4.69, 9.17) is 9.47 Å². The van der Waals surface area contributed by atoms with E-state index in [9.17, 15) is 9.59 Å². The molecule has 2 N–H and O–H groups in total. The summed E-state index contributed by atoms with van der Waals surface area (Å²) in [6.45, 7) is 8.28. The minimum absolute atomic E-state index is 0.0251. The monoisotopic (exact) mass is 448 g/mol. The normalized spacial score (nSPS) is 22.9.